The molecule has 1 aliphatic heterocycles. The third-order valence-electron chi connectivity index (χ3n) is 4.04. The molecular formula is C16H19N3O3. The smallest absolute Gasteiger partial charge is 0.274 e. The second kappa shape index (κ2) is 5.88. The maximum Gasteiger partial charge on any atom is 0.274 e. The molecule has 1 saturated heterocycles. The molecule has 1 aromatic carbocycles. The number of ether oxygens (including phenoxy) is 1. The summed E-state index contributed by atoms with van der Waals surface area (Å²) in [4.78, 5) is 26.5. The van der Waals surface area contributed by atoms with E-state index in [0.29, 0.717) is 30.8 Å². The lowest BCUT2D eigenvalue weighted by Crippen LogP contribution is -2.47. The van der Waals surface area contributed by atoms with Crippen LogP contribution in [-0.2, 0) is 23.0 Å². The summed E-state index contributed by atoms with van der Waals surface area (Å²) >= 11 is 0. The highest BCUT2D eigenvalue weighted by molar-refractivity contribution is 5.88. The molecule has 1 aliphatic rings. The Morgan fingerprint density at radius 3 is 2.82 bits per heavy atom. The molecule has 1 atom stereocenters. The number of hydrogen-bond acceptors (Lipinski definition) is 4. The first-order valence-corrected chi connectivity index (χ1v) is 7.40. The molecule has 1 amide bonds. The maximum atomic E-state index is 12.6. The van der Waals surface area contributed by atoms with Gasteiger partial charge in [0.1, 0.15) is 0 Å². The van der Waals surface area contributed by atoms with Crippen LogP contribution in [0.1, 0.15) is 12.6 Å². The lowest BCUT2D eigenvalue weighted by atomic mass is 10.1. The van der Waals surface area contributed by atoms with E-state index in [0.717, 1.165) is 5.39 Å². The first-order chi connectivity index (χ1) is 10.6. The molecule has 116 valence electrons. The lowest BCUT2D eigenvalue weighted by molar-refractivity contribution is -0.138. The zero-order chi connectivity index (χ0) is 15.7. The van der Waals surface area contributed by atoms with E-state index in [1.165, 1.54) is 4.68 Å². The number of carbonyl (C=O) groups is 1. The van der Waals surface area contributed by atoms with E-state index < -0.39 is 0 Å². The zero-order valence-corrected chi connectivity index (χ0v) is 12.8. The van der Waals surface area contributed by atoms with Crippen LogP contribution in [0.15, 0.2) is 29.1 Å². The van der Waals surface area contributed by atoms with Gasteiger partial charge in [0.05, 0.1) is 36.8 Å². The molecule has 0 N–H and O–H groups in total. The largest absolute Gasteiger partial charge is 0.377 e. The van der Waals surface area contributed by atoms with Gasteiger partial charge < -0.3 is 9.64 Å². The highest BCUT2D eigenvalue weighted by Crippen LogP contribution is 2.16. The fourth-order valence-electron chi connectivity index (χ4n) is 2.85. The molecule has 6 heteroatoms. The topological polar surface area (TPSA) is 64.4 Å². The summed E-state index contributed by atoms with van der Waals surface area (Å²) in [5.74, 6) is 0.0205. The van der Waals surface area contributed by atoms with Crippen molar-refractivity contribution in [2.45, 2.75) is 19.4 Å². The second-order valence-electron chi connectivity index (χ2n) is 5.61. The summed E-state index contributed by atoms with van der Waals surface area (Å²) in [5, 5.41) is 5.63. The van der Waals surface area contributed by atoms with Gasteiger partial charge in [0.25, 0.3) is 5.56 Å². The van der Waals surface area contributed by atoms with Crippen LogP contribution >= 0.6 is 0 Å². The molecule has 1 aromatic heterocycles. The molecule has 0 saturated carbocycles. The first-order valence-electron chi connectivity index (χ1n) is 7.40. The molecule has 22 heavy (non-hydrogen) atoms. The van der Waals surface area contributed by atoms with Crippen LogP contribution in [0.3, 0.4) is 0 Å². The Labute approximate surface area is 128 Å². The second-order valence-corrected chi connectivity index (χ2v) is 5.61. The van der Waals surface area contributed by atoms with Crippen molar-refractivity contribution >= 4 is 16.7 Å². The number of rotatable bonds is 2. The van der Waals surface area contributed by atoms with E-state index >= 15 is 0 Å². The molecule has 0 unspecified atom stereocenters. The van der Waals surface area contributed by atoms with Crippen molar-refractivity contribution < 1.29 is 9.53 Å². The van der Waals surface area contributed by atoms with Gasteiger partial charge in [-0.1, -0.05) is 18.2 Å². The van der Waals surface area contributed by atoms with Crippen molar-refractivity contribution in [3.63, 3.8) is 0 Å². The molecule has 3 rings (SSSR count). The monoisotopic (exact) mass is 301 g/mol. The molecule has 0 radical (unpaired) electrons. The number of hydrogen-bond donors (Lipinski definition) is 0. The summed E-state index contributed by atoms with van der Waals surface area (Å²) in [6.45, 7) is 3.71. The number of morpholine rings is 1. The minimum atomic E-state index is -0.147. The lowest BCUT2D eigenvalue weighted by Gasteiger charge is -2.33. The number of carbonyl (C=O) groups excluding carboxylic acids is 1. The summed E-state index contributed by atoms with van der Waals surface area (Å²) in [6, 6.07) is 7.36. The Hall–Kier alpha value is -2.21. The Morgan fingerprint density at radius 2 is 2.09 bits per heavy atom. The van der Waals surface area contributed by atoms with E-state index in [2.05, 4.69) is 5.10 Å². The summed E-state index contributed by atoms with van der Waals surface area (Å²) in [5.41, 5.74) is 0.493. The molecule has 2 heterocycles. The van der Waals surface area contributed by atoms with Crippen molar-refractivity contribution in [2.24, 2.45) is 7.05 Å². The number of amides is 1. The standard InChI is InChI=1S/C16H19N3O3/c1-11-10-22-8-7-19(11)15(20)9-14-12-5-3-4-6-13(12)16(21)18(2)17-14/h3-6,11H,7-10H2,1-2H3/t11-/m1/s1. The Balaban J connectivity index is 1.95. The molecule has 2 aromatic rings. The van der Waals surface area contributed by atoms with Crippen LogP contribution in [0.4, 0.5) is 0 Å². The van der Waals surface area contributed by atoms with Crippen LogP contribution in [-0.4, -0.2) is 46.4 Å². The average molecular weight is 301 g/mol. The van der Waals surface area contributed by atoms with E-state index in [-0.39, 0.29) is 23.9 Å². The number of benzene rings is 1. The van der Waals surface area contributed by atoms with Crippen LogP contribution in [0, 0.1) is 0 Å². The predicted octanol–water partition coefficient (Wildman–Crippen LogP) is 0.723. The molecule has 1 fully saturated rings. The van der Waals surface area contributed by atoms with Gasteiger partial charge >= 0.3 is 0 Å². The molecular weight excluding hydrogens is 282 g/mol. The highest BCUT2D eigenvalue weighted by Gasteiger charge is 2.24. The normalized spacial score (nSPS) is 18.6. The first kappa shape index (κ1) is 14.7. The van der Waals surface area contributed by atoms with Crippen molar-refractivity contribution in [3.05, 3.63) is 40.3 Å². The maximum absolute atomic E-state index is 12.6. The van der Waals surface area contributed by atoms with Crippen molar-refractivity contribution in [1.82, 2.24) is 14.7 Å². The predicted molar refractivity (Wildman–Crippen MR) is 82.7 cm³/mol. The van der Waals surface area contributed by atoms with Gasteiger partial charge in [0.15, 0.2) is 0 Å². The van der Waals surface area contributed by atoms with Gasteiger partial charge in [0, 0.05) is 19.0 Å². The third-order valence-corrected chi connectivity index (χ3v) is 4.04. The number of fused-ring (bicyclic) bond motifs is 1. The van der Waals surface area contributed by atoms with Crippen LogP contribution in [0.2, 0.25) is 0 Å². The number of nitrogens with zero attached hydrogens (tertiary/aromatic N) is 3. The number of aromatic nitrogens is 2. The van der Waals surface area contributed by atoms with Gasteiger partial charge in [0.2, 0.25) is 5.91 Å². The fraction of sp³-hybridized carbons (Fsp3) is 0.438. The molecule has 6 nitrogen and oxygen atoms in total. The van der Waals surface area contributed by atoms with Crippen LogP contribution in [0.25, 0.3) is 10.8 Å². The Kier molecular flexibility index (Phi) is 3.94. The molecule has 0 spiro atoms. The van der Waals surface area contributed by atoms with Gasteiger partial charge in [-0.25, -0.2) is 4.68 Å². The van der Waals surface area contributed by atoms with Gasteiger partial charge in [-0.3, -0.25) is 9.59 Å². The summed E-state index contributed by atoms with van der Waals surface area (Å²) < 4.78 is 6.66. The van der Waals surface area contributed by atoms with E-state index in [1.807, 2.05) is 30.0 Å². The average Bonchev–Trinajstić information content (AvgIpc) is 2.52. The SMILES string of the molecule is C[C@@H]1COCCN1C(=O)Cc1nn(C)c(=O)c2ccccc12. The van der Waals surface area contributed by atoms with Crippen LogP contribution < -0.4 is 5.56 Å². The van der Waals surface area contributed by atoms with Gasteiger partial charge in [-0.05, 0) is 13.0 Å². The summed E-state index contributed by atoms with van der Waals surface area (Å²) in [7, 11) is 1.61. The fourth-order valence-corrected chi connectivity index (χ4v) is 2.85. The number of aryl methyl sites for hydroxylation is 1. The summed E-state index contributed by atoms with van der Waals surface area (Å²) in [6.07, 6.45) is 0.193. The molecule has 0 aliphatic carbocycles. The molecule has 0 bridgehead atoms. The van der Waals surface area contributed by atoms with Crippen molar-refractivity contribution in [1.29, 1.82) is 0 Å². The quantitative estimate of drug-likeness (QED) is 0.820. The van der Waals surface area contributed by atoms with E-state index in [9.17, 15) is 9.59 Å². The Bertz CT molecular complexity index is 769. The zero-order valence-electron chi connectivity index (χ0n) is 12.8. The van der Waals surface area contributed by atoms with E-state index in [4.69, 9.17) is 4.74 Å². The van der Waals surface area contributed by atoms with Crippen molar-refractivity contribution in [3.8, 4) is 0 Å². The Morgan fingerprint density at radius 1 is 1.36 bits per heavy atom. The third kappa shape index (κ3) is 2.62. The van der Waals surface area contributed by atoms with Gasteiger partial charge in [-0.2, -0.15) is 5.10 Å². The highest BCUT2D eigenvalue weighted by atomic mass is 16.5. The minimum Gasteiger partial charge on any atom is -0.377 e. The van der Waals surface area contributed by atoms with Gasteiger partial charge in [-0.15, -0.1) is 0 Å². The van der Waals surface area contributed by atoms with Crippen LogP contribution in [0.5, 0.6) is 0 Å². The van der Waals surface area contributed by atoms with E-state index in [1.54, 1.807) is 13.1 Å². The van der Waals surface area contributed by atoms with Crippen molar-refractivity contribution in [2.75, 3.05) is 19.8 Å². The minimum absolute atomic E-state index is 0.0205.